The summed E-state index contributed by atoms with van der Waals surface area (Å²) in [6.45, 7) is 8.49. The zero-order chi connectivity index (χ0) is 27.6. The van der Waals surface area contributed by atoms with Crippen molar-refractivity contribution in [2.24, 2.45) is 0 Å². The lowest BCUT2D eigenvalue weighted by Crippen LogP contribution is -2.36. The number of rotatable bonds is 7. The summed E-state index contributed by atoms with van der Waals surface area (Å²) in [6.07, 6.45) is 1.85. The van der Waals surface area contributed by atoms with Crippen LogP contribution in [-0.2, 0) is 11.3 Å². The van der Waals surface area contributed by atoms with Crippen LogP contribution in [0.1, 0.15) is 40.3 Å². The lowest BCUT2D eigenvalue weighted by molar-refractivity contribution is 0.122. The van der Waals surface area contributed by atoms with Crippen molar-refractivity contribution < 1.29 is 9.47 Å². The molecule has 2 saturated heterocycles. The second-order valence-corrected chi connectivity index (χ2v) is 10.8. The number of benzene rings is 2. The predicted molar refractivity (Wildman–Crippen MR) is 162 cm³/mol. The molecule has 0 bridgehead atoms. The van der Waals surface area contributed by atoms with Crippen LogP contribution < -0.4 is 15.0 Å². The van der Waals surface area contributed by atoms with Gasteiger partial charge in [-0.1, -0.05) is 18.2 Å². The maximum Gasteiger partial charge on any atom is 0.170 e. The molecule has 0 amide bonds. The van der Waals surface area contributed by atoms with E-state index in [2.05, 4.69) is 82.1 Å². The average Bonchev–Trinajstić information content (AvgIpc) is 3.48. The summed E-state index contributed by atoms with van der Waals surface area (Å²) < 4.78 is 13.2. The lowest BCUT2D eigenvalue weighted by atomic mass is 9.96. The third-order valence-electron chi connectivity index (χ3n) is 7.98. The number of nitrogens with one attached hydrogen (secondary N) is 1. The predicted octanol–water partition coefficient (Wildman–Crippen LogP) is 5.51. The van der Waals surface area contributed by atoms with Crippen molar-refractivity contribution in [3.8, 4) is 11.4 Å². The van der Waals surface area contributed by atoms with Gasteiger partial charge in [0.25, 0.3) is 0 Å². The van der Waals surface area contributed by atoms with Gasteiger partial charge in [-0.05, 0) is 91.8 Å². The number of methoxy groups -OCH3 is 1. The van der Waals surface area contributed by atoms with E-state index in [0.29, 0.717) is 6.54 Å². The van der Waals surface area contributed by atoms with Gasteiger partial charge in [-0.3, -0.25) is 4.98 Å². The van der Waals surface area contributed by atoms with E-state index in [1.54, 1.807) is 7.11 Å². The summed E-state index contributed by atoms with van der Waals surface area (Å²) in [7, 11) is 1.69. The number of hydrogen-bond acceptors (Lipinski definition) is 5. The molecule has 4 aromatic rings. The number of aromatic nitrogens is 2. The van der Waals surface area contributed by atoms with Crippen LogP contribution >= 0.6 is 12.2 Å². The molecule has 0 saturated carbocycles. The number of morpholine rings is 1. The number of hydrogen-bond donors (Lipinski definition) is 1. The smallest absolute Gasteiger partial charge is 0.170 e. The minimum Gasteiger partial charge on any atom is -0.497 e. The first-order chi connectivity index (χ1) is 19.5. The van der Waals surface area contributed by atoms with Crippen molar-refractivity contribution in [2.75, 3.05) is 38.3 Å². The molecule has 4 heterocycles. The first kappa shape index (κ1) is 26.3. The number of nitrogens with zero attached hydrogens (tertiary/aromatic N) is 4. The second kappa shape index (κ2) is 11.3. The highest BCUT2D eigenvalue weighted by molar-refractivity contribution is 7.80. The van der Waals surface area contributed by atoms with Crippen LogP contribution in [-0.4, -0.2) is 53.0 Å². The molecule has 6 rings (SSSR count). The highest BCUT2D eigenvalue weighted by Gasteiger charge is 2.41. The molecule has 206 valence electrons. The van der Waals surface area contributed by atoms with Crippen LogP contribution in [0.5, 0.6) is 5.75 Å². The number of aryl methyl sites for hydroxylation is 1. The average molecular weight is 554 g/mol. The monoisotopic (exact) mass is 553 g/mol. The molecule has 2 aromatic carbocycles. The maximum atomic E-state index is 5.94. The van der Waals surface area contributed by atoms with Gasteiger partial charge in [0, 0.05) is 48.6 Å². The summed E-state index contributed by atoms with van der Waals surface area (Å²) >= 11 is 5.94. The molecule has 2 aliphatic heterocycles. The van der Waals surface area contributed by atoms with Crippen LogP contribution in [0.3, 0.4) is 0 Å². The highest BCUT2D eigenvalue weighted by atomic mass is 32.1. The van der Waals surface area contributed by atoms with Crippen LogP contribution in [0.4, 0.5) is 5.69 Å². The molecule has 40 heavy (non-hydrogen) atoms. The fourth-order valence-corrected chi connectivity index (χ4v) is 6.27. The molecule has 2 aromatic heterocycles. The summed E-state index contributed by atoms with van der Waals surface area (Å²) in [6, 6.07) is 25.4. The maximum absolute atomic E-state index is 5.94. The van der Waals surface area contributed by atoms with Crippen molar-refractivity contribution >= 4 is 23.0 Å². The topological polar surface area (TPSA) is 54.8 Å². The minimum atomic E-state index is -0.0652. The van der Waals surface area contributed by atoms with Crippen molar-refractivity contribution in [2.45, 2.75) is 32.5 Å². The van der Waals surface area contributed by atoms with Crippen molar-refractivity contribution in [3.63, 3.8) is 0 Å². The third kappa shape index (κ3) is 5.05. The zero-order valence-electron chi connectivity index (χ0n) is 23.2. The van der Waals surface area contributed by atoms with Gasteiger partial charge in [-0.2, -0.15) is 0 Å². The molecular weight excluding hydrogens is 518 g/mol. The Labute approximate surface area is 241 Å². The zero-order valence-corrected chi connectivity index (χ0v) is 24.0. The van der Waals surface area contributed by atoms with Crippen LogP contribution in [0, 0.1) is 13.8 Å². The number of pyridine rings is 1. The van der Waals surface area contributed by atoms with Gasteiger partial charge < -0.3 is 29.2 Å². The third-order valence-corrected chi connectivity index (χ3v) is 8.34. The molecule has 8 heteroatoms. The van der Waals surface area contributed by atoms with E-state index in [4.69, 9.17) is 26.7 Å². The summed E-state index contributed by atoms with van der Waals surface area (Å²) in [4.78, 5) is 9.40. The first-order valence-corrected chi connectivity index (χ1v) is 14.2. The number of ether oxygens (including phenoxy) is 2. The molecule has 0 radical (unpaired) electrons. The van der Waals surface area contributed by atoms with Crippen LogP contribution in [0.25, 0.3) is 5.69 Å². The molecule has 2 atom stereocenters. The van der Waals surface area contributed by atoms with Gasteiger partial charge in [-0.15, -0.1) is 0 Å². The van der Waals surface area contributed by atoms with Crippen molar-refractivity contribution in [1.29, 1.82) is 0 Å². The molecule has 0 spiro atoms. The van der Waals surface area contributed by atoms with Crippen LogP contribution in [0.15, 0.2) is 79.0 Å². The van der Waals surface area contributed by atoms with Gasteiger partial charge in [0.2, 0.25) is 0 Å². The Morgan fingerprint density at radius 3 is 2.38 bits per heavy atom. The van der Waals surface area contributed by atoms with Crippen molar-refractivity contribution in [1.82, 2.24) is 19.8 Å². The van der Waals surface area contributed by atoms with E-state index < -0.39 is 0 Å². The Morgan fingerprint density at radius 2 is 1.70 bits per heavy atom. The molecule has 2 fully saturated rings. The normalized spacial score (nSPS) is 19.1. The van der Waals surface area contributed by atoms with E-state index in [1.165, 1.54) is 28.2 Å². The molecule has 7 nitrogen and oxygen atoms in total. The fraction of sp³-hybridized carbons (Fsp3) is 0.312. The second-order valence-electron chi connectivity index (χ2n) is 10.4. The van der Waals surface area contributed by atoms with Crippen LogP contribution in [0.2, 0.25) is 0 Å². The molecular formula is C32H35N5O2S. The Kier molecular flexibility index (Phi) is 7.45. The van der Waals surface area contributed by atoms with Gasteiger partial charge in [0.05, 0.1) is 38.1 Å². The largest absolute Gasteiger partial charge is 0.497 e. The summed E-state index contributed by atoms with van der Waals surface area (Å²) in [5.74, 6) is 0.844. The quantitative estimate of drug-likeness (QED) is 0.303. The highest BCUT2D eigenvalue weighted by Crippen LogP contribution is 2.42. The Balaban J connectivity index is 1.36. The number of thiocarbonyl (C=S) groups is 1. The van der Waals surface area contributed by atoms with Gasteiger partial charge >= 0.3 is 0 Å². The van der Waals surface area contributed by atoms with E-state index >= 15 is 0 Å². The van der Waals surface area contributed by atoms with E-state index in [1.807, 2.05) is 30.5 Å². The van der Waals surface area contributed by atoms with Gasteiger partial charge in [0.1, 0.15) is 5.75 Å². The fourth-order valence-electron chi connectivity index (χ4n) is 5.96. The Morgan fingerprint density at radius 1 is 0.975 bits per heavy atom. The summed E-state index contributed by atoms with van der Waals surface area (Å²) in [5, 5.41) is 4.33. The SMILES string of the molecule is COc1ccc(CN2C(=S)N[C@@H](c3ccccn3)[C@H]2c2cc(C)n(-c3ccc(N4CCOCC4)cc3)c2C)cc1. The standard InChI is InChI=1S/C32H35N5O2S/c1-22-20-28(23(2)37(22)26-11-9-25(10-12-26)35-16-18-39-19-17-35)31-30(29-6-4-5-15-33-29)34-32(40)36(31)21-24-7-13-27(38-3)14-8-24/h4-15,20,30-31H,16-19,21H2,1-3H3,(H,34,40)/t30-,31+/m0/s1. The van der Waals surface area contributed by atoms with E-state index in [9.17, 15) is 0 Å². The Bertz CT molecular complexity index is 1460. The van der Waals surface area contributed by atoms with Crippen molar-refractivity contribution in [3.05, 3.63) is 107 Å². The lowest BCUT2D eigenvalue weighted by Gasteiger charge is -2.29. The molecule has 2 aliphatic rings. The minimum absolute atomic E-state index is 0.0166. The molecule has 0 aliphatic carbocycles. The molecule has 1 N–H and O–H groups in total. The Hall–Kier alpha value is -3.88. The number of anilines is 1. The van der Waals surface area contributed by atoms with Gasteiger partial charge in [-0.25, -0.2) is 0 Å². The summed E-state index contributed by atoms with van der Waals surface area (Å²) in [5.41, 5.74) is 8.17. The van der Waals surface area contributed by atoms with E-state index in [-0.39, 0.29) is 12.1 Å². The van der Waals surface area contributed by atoms with Gasteiger partial charge in [0.15, 0.2) is 5.11 Å². The molecule has 0 unspecified atom stereocenters. The first-order valence-electron chi connectivity index (χ1n) is 13.8. The van der Waals surface area contributed by atoms with E-state index in [0.717, 1.165) is 48.5 Å².